The van der Waals surface area contributed by atoms with Crippen molar-refractivity contribution in [3.63, 3.8) is 0 Å². The molecular weight excluding hydrogens is 296 g/mol. The van der Waals surface area contributed by atoms with Crippen LogP contribution in [0.3, 0.4) is 0 Å². The third kappa shape index (κ3) is 2.23. The maximum atomic E-state index is 11.9. The summed E-state index contributed by atoms with van der Waals surface area (Å²) in [6, 6.07) is 5.61. The van der Waals surface area contributed by atoms with Gasteiger partial charge in [-0.05, 0) is 37.8 Å². The van der Waals surface area contributed by atoms with E-state index < -0.39 is 9.84 Å². The van der Waals surface area contributed by atoms with Crippen LogP contribution in [0.1, 0.15) is 31.6 Å². The Labute approximate surface area is 123 Å². The van der Waals surface area contributed by atoms with Crippen LogP contribution in [0.5, 0.6) is 0 Å². The van der Waals surface area contributed by atoms with Crippen molar-refractivity contribution in [3.8, 4) is 0 Å². The molecular formula is C14H17ClN2O2S. The average Bonchev–Trinajstić information content (AvgIpc) is 3.16. The van der Waals surface area contributed by atoms with Crippen molar-refractivity contribution in [1.82, 2.24) is 9.55 Å². The van der Waals surface area contributed by atoms with Crippen LogP contribution in [0, 0.1) is 5.92 Å². The average molecular weight is 313 g/mol. The minimum atomic E-state index is -3.29. The zero-order valence-electron chi connectivity index (χ0n) is 11.5. The lowest BCUT2D eigenvalue weighted by Crippen LogP contribution is -2.10. The minimum Gasteiger partial charge on any atom is -0.324 e. The smallest absolute Gasteiger partial charge is 0.177 e. The topological polar surface area (TPSA) is 52.0 Å². The molecule has 4 nitrogen and oxygen atoms in total. The van der Waals surface area contributed by atoms with E-state index in [1.54, 1.807) is 12.1 Å². The first kappa shape index (κ1) is 13.9. The third-order valence-electron chi connectivity index (χ3n) is 3.99. The molecule has 1 aliphatic rings. The van der Waals surface area contributed by atoms with E-state index >= 15 is 0 Å². The number of alkyl halides is 1. The number of halogens is 1. The maximum Gasteiger partial charge on any atom is 0.177 e. The molecule has 6 heteroatoms. The highest BCUT2D eigenvalue weighted by molar-refractivity contribution is 7.91. The predicted octanol–water partition coefficient (Wildman–Crippen LogP) is 3.15. The highest BCUT2D eigenvalue weighted by atomic mass is 35.5. The molecule has 20 heavy (non-hydrogen) atoms. The van der Waals surface area contributed by atoms with E-state index in [0.717, 1.165) is 11.3 Å². The fourth-order valence-electron chi connectivity index (χ4n) is 2.78. The molecule has 0 spiro atoms. The van der Waals surface area contributed by atoms with E-state index in [1.807, 2.05) is 6.07 Å². The zero-order chi connectivity index (χ0) is 14.5. The van der Waals surface area contributed by atoms with E-state index in [-0.39, 0.29) is 10.8 Å². The minimum absolute atomic E-state index is 0.281. The molecule has 0 bridgehead atoms. The van der Waals surface area contributed by atoms with Crippen LogP contribution < -0.4 is 0 Å². The van der Waals surface area contributed by atoms with E-state index in [0.29, 0.717) is 17.5 Å². The lowest BCUT2D eigenvalue weighted by atomic mass is 10.2. The number of benzene rings is 1. The molecule has 1 aliphatic carbocycles. The van der Waals surface area contributed by atoms with Gasteiger partial charge in [-0.15, -0.1) is 11.6 Å². The van der Waals surface area contributed by atoms with E-state index in [9.17, 15) is 8.42 Å². The van der Waals surface area contributed by atoms with Crippen molar-refractivity contribution in [2.45, 2.75) is 36.6 Å². The van der Waals surface area contributed by atoms with Crippen molar-refractivity contribution in [2.75, 3.05) is 6.26 Å². The van der Waals surface area contributed by atoms with Gasteiger partial charge in [-0.1, -0.05) is 6.07 Å². The van der Waals surface area contributed by atoms with Gasteiger partial charge in [0.25, 0.3) is 0 Å². The van der Waals surface area contributed by atoms with Crippen LogP contribution in [0.15, 0.2) is 23.1 Å². The first-order chi connectivity index (χ1) is 9.43. The number of hydrogen-bond donors (Lipinski definition) is 0. The second-order valence-electron chi connectivity index (χ2n) is 5.51. The molecule has 1 atom stereocenters. The van der Waals surface area contributed by atoms with Crippen LogP contribution in [-0.4, -0.2) is 24.2 Å². The summed E-state index contributed by atoms with van der Waals surface area (Å²) in [5.41, 5.74) is 1.40. The van der Waals surface area contributed by atoms with Crippen molar-refractivity contribution < 1.29 is 8.42 Å². The Balaban J connectivity index is 2.29. The van der Waals surface area contributed by atoms with Gasteiger partial charge in [-0.3, -0.25) is 0 Å². The van der Waals surface area contributed by atoms with Crippen molar-refractivity contribution in [2.24, 2.45) is 5.92 Å². The fourth-order valence-corrected chi connectivity index (χ4v) is 3.79. The Morgan fingerprint density at radius 1 is 1.45 bits per heavy atom. The lowest BCUT2D eigenvalue weighted by Gasteiger charge is -2.16. The Morgan fingerprint density at radius 2 is 2.15 bits per heavy atom. The monoisotopic (exact) mass is 312 g/mol. The number of sulfone groups is 1. The number of para-hydroxylation sites is 1. The Bertz CT molecular complexity index is 763. The molecule has 0 saturated heterocycles. The van der Waals surface area contributed by atoms with Gasteiger partial charge < -0.3 is 4.57 Å². The summed E-state index contributed by atoms with van der Waals surface area (Å²) in [4.78, 5) is 4.76. The Hall–Kier alpha value is -1.07. The van der Waals surface area contributed by atoms with Gasteiger partial charge in [0, 0.05) is 12.3 Å². The largest absolute Gasteiger partial charge is 0.324 e. The number of nitrogens with zero attached hydrogens (tertiary/aromatic N) is 2. The summed E-state index contributed by atoms with van der Waals surface area (Å²) in [7, 11) is -3.29. The first-order valence-corrected chi connectivity index (χ1v) is 9.12. The SMILES string of the molecule is CC(C1CC1)n1c(CCl)nc2c(S(C)(=O)=O)cccc21. The van der Waals surface area contributed by atoms with Gasteiger partial charge in [-0.25, -0.2) is 13.4 Å². The summed E-state index contributed by atoms with van der Waals surface area (Å²) in [5, 5.41) is 0. The summed E-state index contributed by atoms with van der Waals surface area (Å²) >= 11 is 6.01. The molecule has 1 aromatic heterocycles. The second kappa shape index (κ2) is 4.74. The van der Waals surface area contributed by atoms with Gasteiger partial charge in [0.1, 0.15) is 11.3 Å². The maximum absolute atomic E-state index is 11.9. The molecule has 0 N–H and O–H groups in total. The molecule has 2 aromatic rings. The van der Waals surface area contributed by atoms with Gasteiger partial charge in [0.2, 0.25) is 0 Å². The molecule has 3 rings (SSSR count). The van der Waals surface area contributed by atoms with Gasteiger partial charge in [0.05, 0.1) is 16.3 Å². The number of aromatic nitrogens is 2. The molecule has 1 unspecified atom stereocenters. The highest BCUT2D eigenvalue weighted by Gasteiger charge is 2.32. The predicted molar refractivity (Wildman–Crippen MR) is 79.8 cm³/mol. The van der Waals surface area contributed by atoms with E-state index in [1.165, 1.54) is 19.1 Å². The van der Waals surface area contributed by atoms with Crippen LogP contribution in [0.2, 0.25) is 0 Å². The van der Waals surface area contributed by atoms with Crippen LogP contribution in [-0.2, 0) is 15.7 Å². The summed E-state index contributed by atoms with van der Waals surface area (Å²) < 4.78 is 25.9. The molecule has 0 aliphatic heterocycles. The van der Waals surface area contributed by atoms with E-state index in [4.69, 9.17) is 11.6 Å². The zero-order valence-corrected chi connectivity index (χ0v) is 13.1. The van der Waals surface area contributed by atoms with Crippen molar-refractivity contribution in [3.05, 3.63) is 24.0 Å². The van der Waals surface area contributed by atoms with Crippen LogP contribution >= 0.6 is 11.6 Å². The summed E-state index contributed by atoms with van der Waals surface area (Å²) in [6.07, 6.45) is 3.65. The Morgan fingerprint density at radius 3 is 2.70 bits per heavy atom. The third-order valence-corrected chi connectivity index (χ3v) is 5.35. The summed E-state index contributed by atoms with van der Waals surface area (Å²) in [6.45, 7) is 2.15. The number of imidazole rings is 1. The van der Waals surface area contributed by atoms with Crippen LogP contribution in [0.25, 0.3) is 11.0 Å². The lowest BCUT2D eigenvalue weighted by molar-refractivity contribution is 0.486. The molecule has 0 radical (unpaired) electrons. The number of fused-ring (bicyclic) bond motifs is 1. The first-order valence-electron chi connectivity index (χ1n) is 6.69. The molecule has 1 heterocycles. The standard InChI is InChI=1S/C14H17ClN2O2S/c1-9(10-6-7-10)17-11-4-3-5-12(20(2,18)19)14(11)16-13(17)8-15/h3-5,9-10H,6-8H2,1-2H3. The highest BCUT2D eigenvalue weighted by Crippen LogP contribution is 2.41. The fraction of sp³-hybridized carbons (Fsp3) is 0.500. The van der Waals surface area contributed by atoms with Crippen molar-refractivity contribution in [1.29, 1.82) is 0 Å². The molecule has 1 fully saturated rings. The normalized spacial score (nSPS) is 17.6. The molecule has 108 valence electrons. The Kier molecular flexibility index (Phi) is 3.29. The number of hydrogen-bond acceptors (Lipinski definition) is 3. The van der Waals surface area contributed by atoms with Crippen molar-refractivity contribution >= 4 is 32.5 Å². The molecule has 0 amide bonds. The molecule has 1 aromatic carbocycles. The van der Waals surface area contributed by atoms with Gasteiger partial charge in [-0.2, -0.15) is 0 Å². The number of rotatable bonds is 4. The van der Waals surface area contributed by atoms with Crippen LogP contribution in [0.4, 0.5) is 0 Å². The molecule has 1 saturated carbocycles. The van der Waals surface area contributed by atoms with Gasteiger partial charge in [0.15, 0.2) is 9.84 Å². The van der Waals surface area contributed by atoms with E-state index in [2.05, 4.69) is 16.5 Å². The quantitative estimate of drug-likeness (QED) is 0.815. The second-order valence-corrected chi connectivity index (χ2v) is 7.76. The summed E-state index contributed by atoms with van der Waals surface area (Å²) in [5.74, 6) is 1.68. The van der Waals surface area contributed by atoms with Gasteiger partial charge >= 0.3 is 0 Å².